The Morgan fingerprint density at radius 1 is 1.05 bits per heavy atom. The summed E-state index contributed by atoms with van der Waals surface area (Å²) in [5, 5.41) is 7.30. The van der Waals surface area contributed by atoms with E-state index in [1.165, 1.54) is 6.07 Å². The van der Waals surface area contributed by atoms with Crippen LogP contribution >= 0.6 is 0 Å². The second-order valence-electron chi connectivity index (χ2n) is 4.93. The van der Waals surface area contributed by atoms with Crippen molar-refractivity contribution in [3.8, 4) is 0 Å². The van der Waals surface area contributed by atoms with Crippen molar-refractivity contribution in [3.05, 3.63) is 42.5 Å². The van der Waals surface area contributed by atoms with Crippen LogP contribution in [0.25, 0.3) is 11.0 Å². The van der Waals surface area contributed by atoms with Crippen LogP contribution in [0.15, 0.2) is 52.0 Å². The van der Waals surface area contributed by atoms with E-state index in [9.17, 15) is 8.42 Å². The molecule has 8 heteroatoms. The Labute approximate surface area is 127 Å². The predicted octanol–water partition coefficient (Wildman–Crippen LogP) is 2.09. The molecule has 0 saturated heterocycles. The summed E-state index contributed by atoms with van der Waals surface area (Å²) >= 11 is 0. The van der Waals surface area contributed by atoms with Crippen molar-refractivity contribution < 1.29 is 13.0 Å². The lowest BCUT2D eigenvalue weighted by molar-refractivity contribution is 0.315. The normalized spacial score (nSPS) is 11.5. The summed E-state index contributed by atoms with van der Waals surface area (Å²) < 4.78 is 32.1. The van der Waals surface area contributed by atoms with Gasteiger partial charge in [0.15, 0.2) is 5.52 Å². The van der Waals surface area contributed by atoms with Gasteiger partial charge in [-0.1, -0.05) is 6.07 Å². The SMILES string of the molecule is CN(C)c1ccc(NS(=O)(=O)c2cccc3nonc23)cc1. The Morgan fingerprint density at radius 2 is 1.77 bits per heavy atom. The molecule has 1 heterocycles. The summed E-state index contributed by atoms with van der Waals surface area (Å²) in [5.41, 5.74) is 2.05. The molecule has 0 saturated carbocycles. The zero-order valence-electron chi connectivity index (χ0n) is 12.0. The molecule has 0 aliphatic rings. The van der Waals surface area contributed by atoms with Gasteiger partial charge in [-0.25, -0.2) is 13.0 Å². The van der Waals surface area contributed by atoms with Crippen LogP contribution in [-0.2, 0) is 10.0 Å². The lowest BCUT2D eigenvalue weighted by atomic mass is 10.3. The average Bonchev–Trinajstić information content (AvgIpc) is 2.95. The molecule has 0 aliphatic carbocycles. The van der Waals surface area contributed by atoms with E-state index in [1.54, 1.807) is 24.3 Å². The third kappa shape index (κ3) is 2.60. The average molecular weight is 318 g/mol. The van der Waals surface area contributed by atoms with E-state index >= 15 is 0 Å². The van der Waals surface area contributed by atoms with Crippen molar-refractivity contribution in [2.45, 2.75) is 4.90 Å². The van der Waals surface area contributed by atoms with Gasteiger partial charge in [0, 0.05) is 25.5 Å². The zero-order chi connectivity index (χ0) is 15.7. The minimum absolute atomic E-state index is 0.0305. The molecule has 0 fully saturated rings. The van der Waals surface area contributed by atoms with Crippen LogP contribution < -0.4 is 9.62 Å². The summed E-state index contributed by atoms with van der Waals surface area (Å²) in [5.74, 6) is 0. The first kappa shape index (κ1) is 14.3. The first-order valence-corrected chi connectivity index (χ1v) is 7.97. The fourth-order valence-corrected chi connectivity index (χ4v) is 3.25. The Kier molecular flexibility index (Phi) is 3.45. The van der Waals surface area contributed by atoms with Crippen LogP contribution in [0, 0.1) is 0 Å². The van der Waals surface area contributed by atoms with Crippen molar-refractivity contribution in [1.29, 1.82) is 0 Å². The number of nitrogens with zero attached hydrogens (tertiary/aromatic N) is 3. The first-order chi connectivity index (χ1) is 10.5. The molecule has 0 unspecified atom stereocenters. The molecule has 2 aromatic carbocycles. The van der Waals surface area contributed by atoms with Gasteiger partial charge < -0.3 is 4.90 Å². The standard InChI is InChI=1S/C14H14N4O3S/c1-18(2)11-8-6-10(7-9-11)17-22(19,20)13-5-3-4-12-14(13)16-21-15-12/h3-9,17H,1-2H3. The van der Waals surface area contributed by atoms with Gasteiger partial charge in [0.1, 0.15) is 10.4 Å². The van der Waals surface area contributed by atoms with E-state index in [-0.39, 0.29) is 10.4 Å². The number of benzene rings is 2. The van der Waals surface area contributed by atoms with E-state index in [0.29, 0.717) is 11.2 Å². The van der Waals surface area contributed by atoms with E-state index in [0.717, 1.165) is 5.69 Å². The number of hydrogen-bond donors (Lipinski definition) is 1. The molecule has 1 aromatic heterocycles. The van der Waals surface area contributed by atoms with Crippen molar-refractivity contribution in [3.63, 3.8) is 0 Å². The highest BCUT2D eigenvalue weighted by Crippen LogP contribution is 2.23. The highest BCUT2D eigenvalue weighted by molar-refractivity contribution is 7.93. The van der Waals surface area contributed by atoms with Gasteiger partial charge in [-0.15, -0.1) is 0 Å². The topological polar surface area (TPSA) is 88.3 Å². The van der Waals surface area contributed by atoms with Crippen LogP contribution in [0.1, 0.15) is 0 Å². The van der Waals surface area contributed by atoms with Crippen molar-refractivity contribution in [2.24, 2.45) is 0 Å². The predicted molar refractivity (Wildman–Crippen MR) is 83.4 cm³/mol. The molecule has 114 valence electrons. The lowest BCUT2D eigenvalue weighted by Crippen LogP contribution is -2.14. The third-order valence-electron chi connectivity index (χ3n) is 3.17. The molecule has 7 nitrogen and oxygen atoms in total. The molecule has 1 N–H and O–H groups in total. The molecule has 22 heavy (non-hydrogen) atoms. The first-order valence-electron chi connectivity index (χ1n) is 6.49. The number of rotatable bonds is 4. The minimum Gasteiger partial charge on any atom is -0.378 e. The maximum absolute atomic E-state index is 12.5. The van der Waals surface area contributed by atoms with Crippen LogP contribution in [-0.4, -0.2) is 32.8 Å². The maximum Gasteiger partial charge on any atom is 0.264 e. The lowest BCUT2D eigenvalue weighted by Gasteiger charge is -2.13. The zero-order valence-corrected chi connectivity index (χ0v) is 12.8. The molecule has 0 atom stereocenters. The highest BCUT2D eigenvalue weighted by Gasteiger charge is 2.20. The number of anilines is 2. The second kappa shape index (κ2) is 5.30. The molecular formula is C14H14N4O3S. The molecule has 0 aliphatic heterocycles. The van der Waals surface area contributed by atoms with Gasteiger partial charge in [-0.05, 0) is 46.7 Å². The van der Waals surface area contributed by atoms with Crippen LogP contribution in [0.3, 0.4) is 0 Å². The maximum atomic E-state index is 12.5. The molecule has 3 aromatic rings. The number of hydrogen-bond acceptors (Lipinski definition) is 6. The number of fused-ring (bicyclic) bond motifs is 1. The van der Waals surface area contributed by atoms with Crippen molar-refractivity contribution in [2.75, 3.05) is 23.7 Å². The smallest absolute Gasteiger partial charge is 0.264 e. The highest BCUT2D eigenvalue weighted by atomic mass is 32.2. The van der Waals surface area contributed by atoms with Gasteiger partial charge in [0.2, 0.25) is 0 Å². The third-order valence-corrected chi connectivity index (χ3v) is 4.59. The summed E-state index contributed by atoms with van der Waals surface area (Å²) in [4.78, 5) is 1.96. The van der Waals surface area contributed by atoms with Gasteiger partial charge in [-0.2, -0.15) is 0 Å². The minimum atomic E-state index is -3.77. The van der Waals surface area contributed by atoms with Crippen LogP contribution in [0.2, 0.25) is 0 Å². The Bertz CT molecular complexity index is 901. The molecule has 0 amide bonds. The van der Waals surface area contributed by atoms with E-state index in [1.807, 2.05) is 31.1 Å². The molecular weight excluding hydrogens is 304 g/mol. The number of nitrogens with one attached hydrogen (secondary N) is 1. The molecule has 0 spiro atoms. The van der Waals surface area contributed by atoms with Gasteiger partial charge in [-0.3, -0.25) is 4.72 Å². The monoisotopic (exact) mass is 318 g/mol. The van der Waals surface area contributed by atoms with Crippen LogP contribution in [0.5, 0.6) is 0 Å². The summed E-state index contributed by atoms with van der Waals surface area (Å²) in [7, 11) is 0.0592. The van der Waals surface area contributed by atoms with E-state index in [4.69, 9.17) is 0 Å². The number of sulfonamides is 1. The summed E-state index contributed by atoms with van der Waals surface area (Å²) in [6.45, 7) is 0. The Balaban J connectivity index is 1.95. The van der Waals surface area contributed by atoms with E-state index < -0.39 is 10.0 Å². The van der Waals surface area contributed by atoms with E-state index in [2.05, 4.69) is 19.7 Å². The molecule has 0 bridgehead atoms. The van der Waals surface area contributed by atoms with Crippen molar-refractivity contribution in [1.82, 2.24) is 10.3 Å². The van der Waals surface area contributed by atoms with Crippen molar-refractivity contribution >= 4 is 32.4 Å². The molecule has 0 radical (unpaired) electrons. The summed E-state index contributed by atoms with van der Waals surface area (Å²) in [6.07, 6.45) is 0. The summed E-state index contributed by atoms with van der Waals surface area (Å²) in [6, 6.07) is 11.8. The molecule has 3 rings (SSSR count). The Morgan fingerprint density at radius 3 is 2.45 bits per heavy atom. The fourth-order valence-electron chi connectivity index (χ4n) is 2.04. The second-order valence-corrected chi connectivity index (χ2v) is 6.59. The van der Waals surface area contributed by atoms with Gasteiger partial charge in [0.05, 0.1) is 0 Å². The van der Waals surface area contributed by atoms with Crippen LogP contribution in [0.4, 0.5) is 11.4 Å². The van der Waals surface area contributed by atoms with Gasteiger partial charge in [0.25, 0.3) is 10.0 Å². The number of aromatic nitrogens is 2. The Hall–Kier alpha value is -2.61. The largest absolute Gasteiger partial charge is 0.378 e. The fraction of sp³-hybridized carbons (Fsp3) is 0.143. The van der Waals surface area contributed by atoms with Gasteiger partial charge >= 0.3 is 0 Å². The quantitative estimate of drug-likeness (QED) is 0.792.